The molecule has 2 atom stereocenters. The SMILES string of the molecule is CC.CC.CC1=C(CO)C(C)O[C@@H](C)C1. The third kappa shape index (κ3) is 5.95. The smallest absolute Gasteiger partial charge is 0.0785 e. The maximum atomic E-state index is 8.98. The third-order valence-corrected chi connectivity index (χ3v) is 2.24. The van der Waals surface area contributed by atoms with Crippen LogP contribution >= 0.6 is 0 Å². The van der Waals surface area contributed by atoms with E-state index in [-0.39, 0.29) is 12.7 Å². The molecule has 1 unspecified atom stereocenters. The largest absolute Gasteiger partial charge is 0.392 e. The van der Waals surface area contributed by atoms with Gasteiger partial charge in [0.15, 0.2) is 0 Å². The molecular formula is C13H28O2. The van der Waals surface area contributed by atoms with Gasteiger partial charge < -0.3 is 9.84 Å². The van der Waals surface area contributed by atoms with E-state index in [0.717, 1.165) is 12.0 Å². The zero-order valence-corrected chi connectivity index (χ0v) is 11.4. The molecule has 0 bridgehead atoms. The van der Waals surface area contributed by atoms with Crippen molar-refractivity contribution >= 4 is 0 Å². The van der Waals surface area contributed by atoms with Gasteiger partial charge in [0.05, 0.1) is 18.8 Å². The van der Waals surface area contributed by atoms with Crippen LogP contribution in [0.1, 0.15) is 54.9 Å². The summed E-state index contributed by atoms with van der Waals surface area (Å²) in [6, 6.07) is 0. The van der Waals surface area contributed by atoms with Gasteiger partial charge in [-0.05, 0) is 32.8 Å². The third-order valence-electron chi connectivity index (χ3n) is 2.24. The van der Waals surface area contributed by atoms with Crippen LogP contribution in [0.15, 0.2) is 11.1 Å². The molecule has 0 amide bonds. The first kappa shape index (κ1) is 17.1. The number of aliphatic hydroxyl groups excluding tert-OH is 1. The summed E-state index contributed by atoms with van der Waals surface area (Å²) in [5.41, 5.74) is 2.35. The second-order valence-electron chi connectivity index (χ2n) is 3.26. The second-order valence-corrected chi connectivity index (χ2v) is 3.26. The first-order valence-corrected chi connectivity index (χ1v) is 6.10. The van der Waals surface area contributed by atoms with Crippen molar-refractivity contribution in [1.82, 2.24) is 0 Å². The van der Waals surface area contributed by atoms with E-state index in [0.29, 0.717) is 6.10 Å². The van der Waals surface area contributed by atoms with Gasteiger partial charge in [-0.3, -0.25) is 0 Å². The standard InChI is InChI=1S/C9H16O2.2C2H6/c1-6-4-7(2)11-8(3)9(6)5-10;2*1-2/h7-8,10H,4-5H2,1-3H3;2*1-2H3/t7-,8?;;/m0../s1. The Hall–Kier alpha value is -0.340. The molecule has 2 heteroatoms. The van der Waals surface area contributed by atoms with Gasteiger partial charge in [-0.25, -0.2) is 0 Å². The summed E-state index contributed by atoms with van der Waals surface area (Å²) >= 11 is 0. The highest BCUT2D eigenvalue weighted by Gasteiger charge is 2.21. The van der Waals surface area contributed by atoms with Crippen molar-refractivity contribution in [3.63, 3.8) is 0 Å². The summed E-state index contributed by atoms with van der Waals surface area (Å²) < 4.78 is 5.54. The Balaban J connectivity index is 0. The fraction of sp³-hybridized carbons (Fsp3) is 0.846. The molecule has 0 aromatic heterocycles. The molecule has 2 nitrogen and oxygen atoms in total. The first-order chi connectivity index (χ1) is 7.15. The fourth-order valence-corrected chi connectivity index (χ4v) is 1.65. The molecule has 0 spiro atoms. The predicted octanol–water partition coefficient (Wildman–Crippen LogP) is 3.54. The van der Waals surface area contributed by atoms with Gasteiger partial charge in [-0.1, -0.05) is 33.3 Å². The molecule has 0 fully saturated rings. The van der Waals surface area contributed by atoms with Gasteiger partial charge in [0.25, 0.3) is 0 Å². The summed E-state index contributed by atoms with van der Waals surface area (Å²) in [4.78, 5) is 0. The van der Waals surface area contributed by atoms with Crippen molar-refractivity contribution < 1.29 is 9.84 Å². The lowest BCUT2D eigenvalue weighted by atomic mass is 9.97. The number of hydrogen-bond acceptors (Lipinski definition) is 2. The normalized spacial score (nSPS) is 24.8. The van der Waals surface area contributed by atoms with E-state index in [1.807, 2.05) is 34.6 Å². The van der Waals surface area contributed by atoms with Gasteiger partial charge in [-0.2, -0.15) is 0 Å². The molecule has 1 aliphatic heterocycles. The topological polar surface area (TPSA) is 29.5 Å². The van der Waals surface area contributed by atoms with Crippen LogP contribution in [0.5, 0.6) is 0 Å². The van der Waals surface area contributed by atoms with Crippen molar-refractivity contribution in [3.8, 4) is 0 Å². The van der Waals surface area contributed by atoms with Gasteiger partial charge >= 0.3 is 0 Å². The quantitative estimate of drug-likeness (QED) is 0.679. The Kier molecular flexibility index (Phi) is 11.6. The van der Waals surface area contributed by atoms with Crippen LogP contribution in [0.3, 0.4) is 0 Å². The molecule has 0 radical (unpaired) electrons. The van der Waals surface area contributed by atoms with Crippen LogP contribution < -0.4 is 0 Å². The van der Waals surface area contributed by atoms with Crippen LogP contribution in [0.4, 0.5) is 0 Å². The first-order valence-electron chi connectivity index (χ1n) is 6.10. The van der Waals surface area contributed by atoms with E-state index in [4.69, 9.17) is 9.84 Å². The Morgan fingerprint density at radius 1 is 1.20 bits per heavy atom. The number of ether oxygens (including phenoxy) is 1. The summed E-state index contributed by atoms with van der Waals surface area (Å²) in [6.45, 7) is 14.3. The molecule has 92 valence electrons. The highest BCUT2D eigenvalue weighted by molar-refractivity contribution is 5.19. The lowest BCUT2D eigenvalue weighted by Gasteiger charge is -2.28. The van der Waals surface area contributed by atoms with Crippen molar-refractivity contribution in [2.24, 2.45) is 0 Å². The van der Waals surface area contributed by atoms with Gasteiger partial charge in [0, 0.05) is 0 Å². The van der Waals surface area contributed by atoms with E-state index in [1.165, 1.54) is 5.57 Å². The Morgan fingerprint density at radius 2 is 1.67 bits per heavy atom. The molecule has 1 aliphatic rings. The molecule has 0 saturated carbocycles. The summed E-state index contributed by atoms with van der Waals surface area (Å²) in [5.74, 6) is 0. The minimum Gasteiger partial charge on any atom is -0.392 e. The van der Waals surface area contributed by atoms with E-state index >= 15 is 0 Å². The Bertz CT molecular complexity index is 173. The maximum absolute atomic E-state index is 8.98. The summed E-state index contributed by atoms with van der Waals surface area (Å²) in [6.07, 6.45) is 1.37. The Labute approximate surface area is 95.3 Å². The highest BCUT2D eigenvalue weighted by atomic mass is 16.5. The maximum Gasteiger partial charge on any atom is 0.0785 e. The number of rotatable bonds is 1. The molecule has 1 heterocycles. The molecule has 1 N–H and O–H groups in total. The summed E-state index contributed by atoms with van der Waals surface area (Å²) in [7, 11) is 0. The van der Waals surface area contributed by atoms with Crippen LogP contribution in [-0.2, 0) is 4.74 Å². The lowest BCUT2D eigenvalue weighted by Crippen LogP contribution is -2.27. The van der Waals surface area contributed by atoms with Crippen molar-refractivity contribution in [2.75, 3.05) is 6.61 Å². The molecule has 15 heavy (non-hydrogen) atoms. The monoisotopic (exact) mass is 216 g/mol. The molecule has 0 aromatic carbocycles. The van der Waals surface area contributed by atoms with Crippen LogP contribution in [0.2, 0.25) is 0 Å². The summed E-state index contributed by atoms with van der Waals surface area (Å²) in [5, 5.41) is 8.98. The predicted molar refractivity (Wildman–Crippen MR) is 67.1 cm³/mol. The van der Waals surface area contributed by atoms with E-state index in [9.17, 15) is 0 Å². The van der Waals surface area contributed by atoms with E-state index < -0.39 is 0 Å². The molecular weight excluding hydrogens is 188 g/mol. The van der Waals surface area contributed by atoms with E-state index in [1.54, 1.807) is 0 Å². The molecule has 0 aromatic rings. The van der Waals surface area contributed by atoms with Crippen molar-refractivity contribution in [1.29, 1.82) is 0 Å². The minimum atomic E-state index is 0.101. The van der Waals surface area contributed by atoms with Crippen LogP contribution in [0.25, 0.3) is 0 Å². The fourth-order valence-electron chi connectivity index (χ4n) is 1.65. The van der Waals surface area contributed by atoms with Gasteiger partial charge in [0.2, 0.25) is 0 Å². The minimum absolute atomic E-state index is 0.101. The molecule has 0 aliphatic carbocycles. The lowest BCUT2D eigenvalue weighted by molar-refractivity contribution is 0.0106. The average Bonchev–Trinajstić information content (AvgIpc) is 2.23. The zero-order chi connectivity index (χ0) is 12.4. The molecule has 0 saturated heterocycles. The van der Waals surface area contributed by atoms with Gasteiger partial charge in [-0.15, -0.1) is 0 Å². The van der Waals surface area contributed by atoms with Crippen LogP contribution in [0, 0.1) is 0 Å². The van der Waals surface area contributed by atoms with Crippen molar-refractivity contribution in [2.45, 2.75) is 67.1 Å². The molecule has 1 rings (SSSR count). The highest BCUT2D eigenvalue weighted by Crippen LogP contribution is 2.24. The second kappa shape index (κ2) is 10.2. The Morgan fingerprint density at radius 3 is 2.00 bits per heavy atom. The van der Waals surface area contributed by atoms with Gasteiger partial charge in [0.1, 0.15) is 0 Å². The number of aliphatic hydroxyl groups is 1. The van der Waals surface area contributed by atoms with Crippen LogP contribution in [-0.4, -0.2) is 23.9 Å². The average molecular weight is 216 g/mol. The van der Waals surface area contributed by atoms with E-state index in [2.05, 4.69) is 13.8 Å². The zero-order valence-electron chi connectivity index (χ0n) is 11.4. The van der Waals surface area contributed by atoms with Crippen molar-refractivity contribution in [3.05, 3.63) is 11.1 Å². The number of hydrogen-bond donors (Lipinski definition) is 1.